The van der Waals surface area contributed by atoms with Crippen LogP contribution in [0.3, 0.4) is 0 Å². The highest BCUT2D eigenvalue weighted by molar-refractivity contribution is 7.86. The van der Waals surface area contributed by atoms with E-state index in [-0.39, 0.29) is 9.79 Å². The Labute approximate surface area is 253 Å². The van der Waals surface area contributed by atoms with Crippen LogP contribution in [-0.2, 0) is 20.2 Å². The fourth-order valence-corrected chi connectivity index (χ4v) is 4.89. The zero-order valence-corrected chi connectivity index (χ0v) is 27.0. The van der Waals surface area contributed by atoms with Gasteiger partial charge in [0.05, 0.1) is 9.79 Å². The molecular weight excluding hydrogens is 572 g/mol. The lowest BCUT2D eigenvalue weighted by atomic mass is 10.1. The van der Waals surface area contributed by atoms with E-state index < -0.39 is 20.2 Å². The molecule has 0 saturated carbocycles. The molecular formula is C32H48N2O6S2. The highest BCUT2D eigenvalue weighted by atomic mass is 32.2. The molecule has 0 bridgehead atoms. The fourth-order valence-electron chi connectivity index (χ4n) is 3.93. The van der Waals surface area contributed by atoms with Gasteiger partial charge in [0.2, 0.25) is 0 Å². The van der Waals surface area contributed by atoms with Crippen molar-refractivity contribution in [1.82, 2.24) is 0 Å². The molecule has 0 amide bonds. The van der Waals surface area contributed by atoms with Gasteiger partial charge in [-0.1, -0.05) is 87.8 Å². The Balaban J connectivity index is 0.000000340. The average molecular weight is 621 g/mol. The molecule has 3 aromatic rings. The van der Waals surface area contributed by atoms with Crippen molar-refractivity contribution in [2.45, 2.75) is 88.9 Å². The summed E-state index contributed by atoms with van der Waals surface area (Å²) in [6, 6.07) is 20.3. The van der Waals surface area contributed by atoms with Gasteiger partial charge in [0.15, 0.2) is 0 Å². The third-order valence-electron chi connectivity index (χ3n) is 6.46. The van der Waals surface area contributed by atoms with Crippen molar-refractivity contribution in [3.05, 3.63) is 83.9 Å². The molecule has 0 aromatic heterocycles. The van der Waals surface area contributed by atoms with Crippen LogP contribution in [0.25, 0.3) is 0 Å². The molecule has 0 fully saturated rings. The summed E-state index contributed by atoms with van der Waals surface area (Å²) in [6.07, 6.45) is 10.6. The number of unbranched alkanes of at least 4 members (excludes halogenated alkanes) is 6. The Bertz CT molecular complexity index is 1270. The van der Waals surface area contributed by atoms with E-state index in [0.717, 1.165) is 16.8 Å². The van der Waals surface area contributed by atoms with E-state index in [2.05, 4.69) is 30.9 Å². The number of hydrogen-bond donors (Lipinski definition) is 3. The van der Waals surface area contributed by atoms with Crippen LogP contribution in [-0.4, -0.2) is 39.0 Å². The molecule has 0 aliphatic carbocycles. The largest absolute Gasteiger partial charge is 0.399 e. The van der Waals surface area contributed by atoms with E-state index in [1.807, 2.05) is 26.0 Å². The lowest BCUT2D eigenvalue weighted by Crippen LogP contribution is -2.25. The van der Waals surface area contributed by atoms with E-state index >= 15 is 0 Å². The van der Waals surface area contributed by atoms with Crippen molar-refractivity contribution >= 4 is 31.6 Å². The first-order valence-electron chi connectivity index (χ1n) is 14.5. The topological polar surface area (TPSA) is 138 Å². The molecule has 3 aromatic carbocycles. The summed E-state index contributed by atoms with van der Waals surface area (Å²) in [5.74, 6) is 0. The number of hydrogen-bond acceptors (Lipinski definition) is 6. The number of nitrogens with two attached hydrogens (primary N) is 1. The van der Waals surface area contributed by atoms with E-state index in [4.69, 9.17) is 14.8 Å². The van der Waals surface area contributed by atoms with Crippen molar-refractivity contribution in [3.63, 3.8) is 0 Å². The Morgan fingerprint density at radius 2 is 0.929 bits per heavy atom. The van der Waals surface area contributed by atoms with Gasteiger partial charge >= 0.3 is 0 Å². The zero-order valence-electron chi connectivity index (χ0n) is 25.4. The minimum atomic E-state index is -4.02. The second-order valence-electron chi connectivity index (χ2n) is 10.3. The van der Waals surface area contributed by atoms with E-state index in [0.29, 0.717) is 0 Å². The minimum Gasteiger partial charge on any atom is -0.399 e. The molecule has 0 radical (unpaired) electrons. The molecule has 4 N–H and O–H groups in total. The molecule has 3 rings (SSSR count). The molecule has 0 heterocycles. The van der Waals surface area contributed by atoms with Crippen LogP contribution < -0.4 is 10.6 Å². The lowest BCUT2D eigenvalue weighted by Gasteiger charge is -2.25. The molecule has 10 heteroatoms. The summed E-state index contributed by atoms with van der Waals surface area (Å²) < 4.78 is 59.1. The second kappa shape index (κ2) is 19.3. The number of benzene rings is 3. The van der Waals surface area contributed by atoms with Crippen LogP contribution in [0.15, 0.2) is 82.6 Å². The third-order valence-corrected chi connectivity index (χ3v) is 8.19. The molecule has 0 saturated heterocycles. The fraction of sp³-hybridized carbons (Fsp3) is 0.438. The van der Waals surface area contributed by atoms with E-state index in [1.165, 1.54) is 94.4 Å². The van der Waals surface area contributed by atoms with Crippen LogP contribution in [0.5, 0.6) is 0 Å². The van der Waals surface area contributed by atoms with Crippen molar-refractivity contribution < 1.29 is 25.9 Å². The SMILES string of the molecule is CCCCCCN(CCCCCC)c1ccc(N)cc1.Cc1ccc(S(=O)(=O)O)cc1.Cc1ccc(S(=O)(=O)O)cc1. The van der Waals surface area contributed by atoms with Crippen molar-refractivity contribution in [2.75, 3.05) is 23.7 Å². The molecule has 0 spiro atoms. The Morgan fingerprint density at radius 1 is 0.571 bits per heavy atom. The molecule has 8 nitrogen and oxygen atoms in total. The second-order valence-corrected chi connectivity index (χ2v) is 13.1. The number of nitrogen functional groups attached to an aromatic ring is 1. The first-order valence-corrected chi connectivity index (χ1v) is 17.3. The van der Waals surface area contributed by atoms with Crippen LogP contribution in [0.4, 0.5) is 11.4 Å². The van der Waals surface area contributed by atoms with Crippen LogP contribution in [0.2, 0.25) is 0 Å². The Hall–Kier alpha value is -2.92. The van der Waals surface area contributed by atoms with Gasteiger partial charge in [0.25, 0.3) is 20.2 Å². The summed E-state index contributed by atoms with van der Waals surface area (Å²) in [6.45, 7) is 10.6. The normalized spacial score (nSPS) is 11.1. The summed E-state index contributed by atoms with van der Waals surface area (Å²) in [5, 5.41) is 0. The molecule has 234 valence electrons. The van der Waals surface area contributed by atoms with Gasteiger partial charge in [0, 0.05) is 24.5 Å². The maximum atomic E-state index is 10.5. The molecule has 0 aliphatic heterocycles. The number of anilines is 2. The summed E-state index contributed by atoms with van der Waals surface area (Å²) in [5.41, 5.74) is 9.88. The summed E-state index contributed by atoms with van der Waals surface area (Å²) in [4.78, 5) is 2.40. The Morgan fingerprint density at radius 3 is 1.24 bits per heavy atom. The first kappa shape index (κ1) is 37.1. The van der Waals surface area contributed by atoms with Crippen LogP contribution >= 0.6 is 0 Å². The average Bonchev–Trinajstić information content (AvgIpc) is 2.93. The highest BCUT2D eigenvalue weighted by Gasteiger charge is 2.08. The van der Waals surface area contributed by atoms with Gasteiger partial charge in [0.1, 0.15) is 0 Å². The minimum absolute atomic E-state index is 0.0666. The zero-order chi connectivity index (χ0) is 31.6. The van der Waals surface area contributed by atoms with Gasteiger partial charge in [-0.05, 0) is 75.2 Å². The lowest BCUT2D eigenvalue weighted by molar-refractivity contribution is 0.481. The summed E-state index contributed by atoms with van der Waals surface area (Å²) >= 11 is 0. The van der Waals surface area contributed by atoms with Gasteiger partial charge in [-0.3, -0.25) is 9.11 Å². The third kappa shape index (κ3) is 15.9. The maximum absolute atomic E-state index is 10.5. The van der Waals surface area contributed by atoms with Gasteiger partial charge in [-0.25, -0.2) is 0 Å². The predicted octanol–water partition coefficient (Wildman–Crippen LogP) is 7.72. The standard InChI is InChI=1S/C18H32N2.2C7H8O3S/c1-3-5-7-9-15-20(16-10-8-6-4-2)18-13-11-17(19)12-14-18;2*1-6-2-4-7(5-3-6)11(8,9)10/h11-14H,3-10,15-16,19H2,1-2H3;2*2-5H,1H3,(H,8,9,10). The molecule has 42 heavy (non-hydrogen) atoms. The van der Waals surface area contributed by atoms with E-state index in [9.17, 15) is 16.8 Å². The van der Waals surface area contributed by atoms with Gasteiger partial charge < -0.3 is 10.6 Å². The van der Waals surface area contributed by atoms with Crippen molar-refractivity contribution in [3.8, 4) is 0 Å². The first-order chi connectivity index (χ1) is 19.8. The maximum Gasteiger partial charge on any atom is 0.294 e. The number of aryl methyl sites for hydroxylation is 2. The molecule has 0 atom stereocenters. The van der Waals surface area contributed by atoms with Crippen LogP contribution in [0.1, 0.15) is 76.3 Å². The monoisotopic (exact) mass is 620 g/mol. The number of rotatable bonds is 13. The van der Waals surface area contributed by atoms with Crippen molar-refractivity contribution in [1.29, 1.82) is 0 Å². The van der Waals surface area contributed by atoms with Gasteiger partial charge in [-0.2, -0.15) is 16.8 Å². The predicted molar refractivity (Wildman–Crippen MR) is 173 cm³/mol. The van der Waals surface area contributed by atoms with Crippen LogP contribution in [0, 0.1) is 13.8 Å². The quantitative estimate of drug-likeness (QED) is 0.100. The van der Waals surface area contributed by atoms with Crippen molar-refractivity contribution in [2.24, 2.45) is 0 Å². The van der Waals surface area contributed by atoms with E-state index in [1.54, 1.807) is 24.3 Å². The summed E-state index contributed by atoms with van der Waals surface area (Å²) in [7, 11) is -8.04. The number of nitrogens with zero attached hydrogens (tertiary/aromatic N) is 1. The van der Waals surface area contributed by atoms with Gasteiger partial charge in [-0.15, -0.1) is 0 Å². The molecule has 0 aliphatic rings. The molecule has 0 unspecified atom stereocenters. The Kier molecular flexibility index (Phi) is 17.1. The highest BCUT2D eigenvalue weighted by Crippen LogP contribution is 2.18. The smallest absolute Gasteiger partial charge is 0.294 e.